The first-order valence-corrected chi connectivity index (χ1v) is 8.34. The zero-order chi connectivity index (χ0) is 17.0. The van der Waals surface area contributed by atoms with Gasteiger partial charge in [-0.3, -0.25) is 12.2 Å². The fourth-order valence-corrected chi connectivity index (χ4v) is 2.29. The average molecular weight is 360 g/mol. The molecule has 0 atom stereocenters. The van der Waals surface area contributed by atoms with E-state index in [-0.39, 0.29) is 21.7 Å². The van der Waals surface area contributed by atoms with Gasteiger partial charge in [-0.1, -0.05) is 74.5 Å². The van der Waals surface area contributed by atoms with Gasteiger partial charge in [0, 0.05) is 0 Å². The molecule has 0 aromatic heterocycles. The summed E-state index contributed by atoms with van der Waals surface area (Å²) in [6.07, 6.45) is 16.7. The van der Waals surface area contributed by atoms with Crippen LogP contribution in [0.3, 0.4) is 0 Å². The fraction of sp³-hybridized carbons (Fsp3) is 0.167. The summed E-state index contributed by atoms with van der Waals surface area (Å²) in [4.78, 5) is 0. The first-order valence-electron chi connectivity index (χ1n) is 8.34. The Morgan fingerprint density at radius 3 is 1.16 bits per heavy atom. The van der Waals surface area contributed by atoms with Gasteiger partial charge in [0.2, 0.25) is 0 Å². The number of hydrogen-bond acceptors (Lipinski definition) is 0. The van der Waals surface area contributed by atoms with Crippen molar-refractivity contribution in [3.63, 3.8) is 0 Å². The molecule has 0 radical (unpaired) electrons. The van der Waals surface area contributed by atoms with E-state index in [9.17, 15) is 0 Å². The van der Waals surface area contributed by atoms with Crippen molar-refractivity contribution in [3.8, 4) is 11.1 Å². The SMILES string of the molecule is CC1=[C-]CC=C1.CC1=[C-]CC=C1.[Ti+2].c1ccc(-c2ccccc2)cc1. The maximum Gasteiger partial charge on any atom is 2.00 e. The summed E-state index contributed by atoms with van der Waals surface area (Å²) in [6, 6.07) is 20.8. The van der Waals surface area contributed by atoms with Crippen molar-refractivity contribution in [2.45, 2.75) is 26.7 Å². The molecule has 2 aliphatic rings. The maximum atomic E-state index is 3.12. The Morgan fingerprint density at radius 2 is 0.960 bits per heavy atom. The van der Waals surface area contributed by atoms with E-state index in [1.54, 1.807) is 0 Å². The molecule has 0 amide bonds. The Bertz CT molecular complexity index is 648. The normalized spacial score (nSPS) is 13.5. The molecule has 0 nitrogen and oxygen atoms in total. The first-order chi connectivity index (χ1) is 11.8. The van der Waals surface area contributed by atoms with Crippen molar-refractivity contribution in [3.05, 3.63) is 108 Å². The van der Waals surface area contributed by atoms with E-state index < -0.39 is 0 Å². The molecule has 0 bridgehead atoms. The predicted molar refractivity (Wildman–Crippen MR) is 104 cm³/mol. The van der Waals surface area contributed by atoms with Gasteiger partial charge in [-0.2, -0.15) is 12.2 Å². The molecule has 0 fully saturated rings. The van der Waals surface area contributed by atoms with Gasteiger partial charge < -0.3 is 0 Å². The third-order valence-electron chi connectivity index (χ3n) is 3.61. The van der Waals surface area contributed by atoms with Gasteiger partial charge in [0.25, 0.3) is 0 Å². The second-order valence-electron chi connectivity index (χ2n) is 5.66. The molecule has 1 heteroatoms. The third kappa shape index (κ3) is 8.68. The summed E-state index contributed by atoms with van der Waals surface area (Å²) < 4.78 is 0. The Balaban J connectivity index is 0.000000204. The van der Waals surface area contributed by atoms with Crippen LogP contribution in [0.5, 0.6) is 0 Å². The summed E-state index contributed by atoms with van der Waals surface area (Å²) >= 11 is 0. The van der Waals surface area contributed by atoms with E-state index in [2.05, 4.69) is 98.8 Å². The largest absolute Gasteiger partial charge is 2.00 e. The topological polar surface area (TPSA) is 0 Å². The molecule has 0 saturated heterocycles. The first kappa shape index (κ1) is 21.2. The van der Waals surface area contributed by atoms with E-state index in [0.29, 0.717) is 0 Å². The Morgan fingerprint density at radius 1 is 0.600 bits per heavy atom. The molecular formula is C24H24Ti. The number of allylic oxidation sites excluding steroid dienone is 8. The molecule has 0 unspecified atom stereocenters. The minimum absolute atomic E-state index is 0. The molecule has 2 aliphatic carbocycles. The van der Waals surface area contributed by atoms with Gasteiger partial charge in [0.1, 0.15) is 0 Å². The van der Waals surface area contributed by atoms with Crippen molar-refractivity contribution in [1.82, 2.24) is 0 Å². The van der Waals surface area contributed by atoms with Crippen molar-refractivity contribution < 1.29 is 21.7 Å². The summed E-state index contributed by atoms with van der Waals surface area (Å²) in [5.41, 5.74) is 5.10. The van der Waals surface area contributed by atoms with Gasteiger partial charge in [-0.15, -0.1) is 12.8 Å². The van der Waals surface area contributed by atoms with E-state index in [0.717, 1.165) is 12.8 Å². The smallest absolute Gasteiger partial charge is 0.270 e. The van der Waals surface area contributed by atoms with Crippen LogP contribution in [0.15, 0.2) is 96.1 Å². The quantitative estimate of drug-likeness (QED) is 0.390. The van der Waals surface area contributed by atoms with Crippen LogP contribution in [0.4, 0.5) is 0 Å². The average Bonchev–Trinajstić information content (AvgIpc) is 3.31. The van der Waals surface area contributed by atoms with Crippen LogP contribution in [0, 0.1) is 12.2 Å². The molecular weight excluding hydrogens is 336 g/mol. The van der Waals surface area contributed by atoms with Gasteiger partial charge in [-0.05, 0) is 11.1 Å². The molecule has 2 aromatic rings. The van der Waals surface area contributed by atoms with Gasteiger partial charge in [-0.25, -0.2) is 23.3 Å². The molecule has 4 rings (SSSR count). The summed E-state index contributed by atoms with van der Waals surface area (Å²) in [6.45, 7) is 4.12. The van der Waals surface area contributed by atoms with Crippen LogP contribution in [0.2, 0.25) is 0 Å². The standard InChI is InChI=1S/C12H10.2C6H7.Ti/c1-3-7-11(8-4-1)12-9-5-2-6-10-12;2*1-6-4-2-3-5-6;/h1-10H;2*2,4H,3H2,1H3;/q;2*-1;+2. The predicted octanol–water partition coefficient (Wildman–Crippen LogP) is 6.74. The molecule has 25 heavy (non-hydrogen) atoms. The van der Waals surface area contributed by atoms with E-state index in [4.69, 9.17) is 0 Å². The van der Waals surface area contributed by atoms with Crippen LogP contribution in [0.25, 0.3) is 11.1 Å². The second-order valence-corrected chi connectivity index (χ2v) is 5.66. The molecule has 0 aliphatic heterocycles. The van der Waals surface area contributed by atoms with Crippen molar-refractivity contribution in [1.29, 1.82) is 0 Å². The number of hydrogen-bond donors (Lipinski definition) is 0. The van der Waals surface area contributed by atoms with E-state index in [1.165, 1.54) is 22.3 Å². The molecule has 0 heterocycles. The molecule has 0 saturated carbocycles. The number of benzene rings is 2. The zero-order valence-electron chi connectivity index (χ0n) is 15.0. The van der Waals surface area contributed by atoms with Gasteiger partial charge in [0.15, 0.2) is 0 Å². The summed E-state index contributed by atoms with van der Waals surface area (Å²) in [5.74, 6) is 0. The van der Waals surface area contributed by atoms with Crippen LogP contribution < -0.4 is 0 Å². The van der Waals surface area contributed by atoms with Crippen molar-refractivity contribution in [2.75, 3.05) is 0 Å². The van der Waals surface area contributed by atoms with E-state index in [1.807, 2.05) is 12.1 Å². The van der Waals surface area contributed by atoms with Crippen molar-refractivity contribution in [2.24, 2.45) is 0 Å². The summed E-state index contributed by atoms with van der Waals surface area (Å²) in [5, 5.41) is 0. The van der Waals surface area contributed by atoms with Crippen LogP contribution in [0.1, 0.15) is 26.7 Å². The Hall–Kier alpha value is -1.89. The Kier molecular flexibility index (Phi) is 10.6. The zero-order valence-corrected chi connectivity index (χ0v) is 16.6. The molecule has 124 valence electrons. The maximum absolute atomic E-state index is 3.12. The summed E-state index contributed by atoms with van der Waals surface area (Å²) in [7, 11) is 0. The fourth-order valence-electron chi connectivity index (χ4n) is 2.29. The minimum Gasteiger partial charge on any atom is -0.270 e. The van der Waals surface area contributed by atoms with Gasteiger partial charge >= 0.3 is 21.7 Å². The van der Waals surface area contributed by atoms with Crippen molar-refractivity contribution >= 4 is 0 Å². The van der Waals surface area contributed by atoms with Crippen LogP contribution >= 0.6 is 0 Å². The number of rotatable bonds is 1. The minimum atomic E-state index is 0. The Labute approximate surface area is 167 Å². The van der Waals surface area contributed by atoms with E-state index >= 15 is 0 Å². The van der Waals surface area contributed by atoms with Crippen LogP contribution in [-0.2, 0) is 21.7 Å². The monoisotopic (exact) mass is 360 g/mol. The molecule has 2 aromatic carbocycles. The third-order valence-corrected chi connectivity index (χ3v) is 3.61. The molecule has 0 spiro atoms. The van der Waals surface area contributed by atoms with Gasteiger partial charge in [0.05, 0.1) is 0 Å². The molecule has 0 N–H and O–H groups in total. The van der Waals surface area contributed by atoms with Crippen LogP contribution in [-0.4, -0.2) is 0 Å². The second kappa shape index (κ2) is 12.5.